The molecular weight excluding hydrogens is 452 g/mol. The normalized spacial score (nSPS) is 15.2. The van der Waals surface area contributed by atoms with E-state index < -0.39 is 6.23 Å². The zero-order valence-electron chi connectivity index (χ0n) is 16.2. The fourth-order valence-corrected chi connectivity index (χ4v) is 3.96. The molecule has 0 saturated heterocycles. The van der Waals surface area contributed by atoms with Crippen LogP contribution in [-0.2, 0) is 11.2 Å². The molecule has 0 radical (unpaired) electrons. The lowest BCUT2D eigenvalue weighted by Gasteiger charge is -2.30. The van der Waals surface area contributed by atoms with Gasteiger partial charge in [-0.25, -0.2) is 0 Å². The van der Waals surface area contributed by atoms with Crippen LogP contribution in [0.5, 0.6) is 5.88 Å². The molecule has 29 heavy (non-hydrogen) atoms. The predicted octanol–water partition coefficient (Wildman–Crippen LogP) is 5.03. The van der Waals surface area contributed by atoms with E-state index in [2.05, 4.69) is 50.2 Å². The molecule has 148 valence electrons. The first-order valence-corrected chi connectivity index (χ1v) is 11.2. The molecule has 0 saturated carbocycles. The van der Waals surface area contributed by atoms with E-state index >= 15 is 0 Å². The number of hydrogen-bond acceptors (Lipinski definition) is 6. The van der Waals surface area contributed by atoms with Gasteiger partial charge in [-0.1, -0.05) is 58.9 Å². The molecule has 6 nitrogen and oxygen atoms in total. The molecule has 0 N–H and O–H groups in total. The molecule has 1 amide bonds. The number of anilines is 1. The van der Waals surface area contributed by atoms with E-state index in [9.17, 15) is 4.79 Å². The minimum absolute atomic E-state index is 0.135. The van der Waals surface area contributed by atoms with E-state index in [1.807, 2.05) is 36.6 Å². The SMILES string of the molecule is CCc1ccc([C@@H]2Oc3nc(SC)nnc3-c3cc(Br)ccc3N2C(C)=O)cc1. The number of hydrogen-bond donors (Lipinski definition) is 0. The van der Waals surface area contributed by atoms with Crippen LogP contribution in [0.2, 0.25) is 0 Å². The van der Waals surface area contributed by atoms with E-state index in [0.29, 0.717) is 22.4 Å². The summed E-state index contributed by atoms with van der Waals surface area (Å²) >= 11 is 4.90. The van der Waals surface area contributed by atoms with Crippen molar-refractivity contribution in [2.45, 2.75) is 31.7 Å². The summed E-state index contributed by atoms with van der Waals surface area (Å²) in [5.41, 5.74) is 4.04. The van der Waals surface area contributed by atoms with Crippen LogP contribution in [0.3, 0.4) is 0 Å². The summed E-state index contributed by atoms with van der Waals surface area (Å²) in [5, 5.41) is 9.05. The second-order valence-electron chi connectivity index (χ2n) is 6.57. The van der Waals surface area contributed by atoms with Crippen molar-refractivity contribution in [3.05, 3.63) is 58.1 Å². The topological polar surface area (TPSA) is 68.2 Å². The number of aromatic nitrogens is 3. The number of aryl methyl sites for hydroxylation is 1. The highest BCUT2D eigenvalue weighted by atomic mass is 79.9. The van der Waals surface area contributed by atoms with Crippen molar-refractivity contribution in [2.75, 3.05) is 11.2 Å². The third kappa shape index (κ3) is 3.74. The lowest BCUT2D eigenvalue weighted by Crippen LogP contribution is -2.36. The number of carbonyl (C=O) groups is 1. The van der Waals surface area contributed by atoms with Gasteiger partial charge < -0.3 is 4.74 Å². The Labute approximate surface area is 181 Å². The Balaban J connectivity index is 1.95. The van der Waals surface area contributed by atoms with E-state index in [1.54, 1.807) is 4.90 Å². The third-order valence-electron chi connectivity index (χ3n) is 4.76. The van der Waals surface area contributed by atoms with Gasteiger partial charge in [-0.3, -0.25) is 9.69 Å². The van der Waals surface area contributed by atoms with Crippen molar-refractivity contribution < 1.29 is 9.53 Å². The average Bonchev–Trinajstić information content (AvgIpc) is 2.87. The molecule has 0 fully saturated rings. The number of benzene rings is 2. The third-order valence-corrected chi connectivity index (χ3v) is 5.79. The Hall–Kier alpha value is -2.45. The molecule has 1 aliphatic rings. The van der Waals surface area contributed by atoms with Crippen molar-refractivity contribution in [3.8, 4) is 17.1 Å². The molecule has 0 bridgehead atoms. The maximum absolute atomic E-state index is 12.8. The number of ether oxygens (including phenoxy) is 1. The highest BCUT2D eigenvalue weighted by Gasteiger charge is 2.34. The molecule has 0 unspecified atom stereocenters. The van der Waals surface area contributed by atoms with Crippen LogP contribution in [0.15, 0.2) is 52.1 Å². The zero-order chi connectivity index (χ0) is 20.5. The van der Waals surface area contributed by atoms with Gasteiger partial charge in [0.2, 0.25) is 23.2 Å². The molecule has 2 heterocycles. The van der Waals surface area contributed by atoms with Crippen LogP contribution >= 0.6 is 27.7 Å². The molecule has 0 spiro atoms. The molecule has 8 heteroatoms. The first kappa shape index (κ1) is 19.8. The average molecular weight is 471 g/mol. The first-order chi connectivity index (χ1) is 14.0. The molecular formula is C21H19BrN4O2S. The Morgan fingerprint density at radius 1 is 1.21 bits per heavy atom. The summed E-state index contributed by atoms with van der Waals surface area (Å²) in [5.74, 6) is 0.223. The Bertz CT molecular complexity index is 1070. The predicted molar refractivity (Wildman–Crippen MR) is 117 cm³/mol. The standard InChI is InChI=1S/C21H19BrN4O2S/c1-4-13-5-7-14(8-6-13)20-26(12(2)27)17-10-9-15(22)11-16(17)18-19(28-20)23-21(29-3)25-24-18/h5-11,20H,4H2,1-3H3/t20-/m0/s1. The minimum Gasteiger partial charge on any atom is -0.447 e. The van der Waals surface area contributed by atoms with Gasteiger partial charge in [-0.15, -0.1) is 10.2 Å². The second kappa shape index (κ2) is 8.12. The molecule has 1 aromatic heterocycles. The Morgan fingerprint density at radius 2 is 1.97 bits per heavy atom. The maximum Gasteiger partial charge on any atom is 0.247 e. The largest absolute Gasteiger partial charge is 0.447 e. The van der Waals surface area contributed by atoms with Crippen molar-refractivity contribution in [2.24, 2.45) is 0 Å². The molecule has 1 aliphatic heterocycles. The van der Waals surface area contributed by atoms with Crippen LogP contribution in [0.4, 0.5) is 5.69 Å². The molecule has 2 aromatic carbocycles. The van der Waals surface area contributed by atoms with E-state index in [-0.39, 0.29) is 5.91 Å². The van der Waals surface area contributed by atoms with Gasteiger partial charge >= 0.3 is 0 Å². The van der Waals surface area contributed by atoms with Crippen LogP contribution in [0.1, 0.15) is 31.2 Å². The van der Waals surface area contributed by atoms with Gasteiger partial charge in [0, 0.05) is 22.5 Å². The van der Waals surface area contributed by atoms with E-state index in [4.69, 9.17) is 4.74 Å². The van der Waals surface area contributed by atoms with E-state index in [0.717, 1.165) is 22.0 Å². The van der Waals surface area contributed by atoms with Gasteiger partial charge in [0.1, 0.15) is 0 Å². The van der Waals surface area contributed by atoms with Gasteiger partial charge in [0.05, 0.1) is 5.69 Å². The number of fused-ring (bicyclic) bond motifs is 3. The summed E-state index contributed by atoms with van der Waals surface area (Å²) in [7, 11) is 0. The smallest absolute Gasteiger partial charge is 0.247 e. The second-order valence-corrected chi connectivity index (χ2v) is 8.26. The van der Waals surface area contributed by atoms with Crippen molar-refractivity contribution in [1.29, 1.82) is 0 Å². The number of thioether (sulfide) groups is 1. The number of nitrogens with zero attached hydrogens (tertiary/aromatic N) is 4. The monoisotopic (exact) mass is 470 g/mol. The first-order valence-electron chi connectivity index (χ1n) is 9.15. The van der Waals surface area contributed by atoms with Gasteiger partial charge in [0.15, 0.2) is 5.69 Å². The fraction of sp³-hybridized carbons (Fsp3) is 0.238. The van der Waals surface area contributed by atoms with Gasteiger partial charge in [-0.2, -0.15) is 4.98 Å². The molecule has 0 aliphatic carbocycles. The van der Waals surface area contributed by atoms with Crippen molar-refractivity contribution in [1.82, 2.24) is 15.2 Å². The Morgan fingerprint density at radius 3 is 2.62 bits per heavy atom. The van der Waals surface area contributed by atoms with Crippen molar-refractivity contribution in [3.63, 3.8) is 0 Å². The molecule has 4 rings (SSSR count). The highest BCUT2D eigenvalue weighted by Crippen LogP contribution is 2.44. The molecule has 3 aromatic rings. The summed E-state index contributed by atoms with van der Waals surface area (Å²) in [4.78, 5) is 18.9. The summed E-state index contributed by atoms with van der Waals surface area (Å²) in [6.07, 6.45) is 2.16. The molecule has 1 atom stereocenters. The maximum atomic E-state index is 12.8. The number of amides is 1. The summed E-state index contributed by atoms with van der Waals surface area (Å²) in [6, 6.07) is 13.8. The number of halogens is 1. The minimum atomic E-state index is -0.661. The van der Waals surface area contributed by atoms with Gasteiger partial charge in [-0.05, 0) is 36.4 Å². The Kier molecular flexibility index (Phi) is 5.56. The summed E-state index contributed by atoms with van der Waals surface area (Å²) < 4.78 is 7.19. The fourth-order valence-electron chi connectivity index (χ4n) is 3.30. The number of carbonyl (C=O) groups excluding carboxylic acids is 1. The number of rotatable bonds is 3. The summed E-state index contributed by atoms with van der Waals surface area (Å²) in [6.45, 7) is 3.64. The van der Waals surface area contributed by atoms with Gasteiger partial charge in [0.25, 0.3) is 0 Å². The van der Waals surface area contributed by atoms with Crippen LogP contribution < -0.4 is 9.64 Å². The highest BCUT2D eigenvalue weighted by molar-refractivity contribution is 9.10. The lowest BCUT2D eigenvalue weighted by atomic mass is 10.1. The van der Waals surface area contributed by atoms with E-state index in [1.165, 1.54) is 24.2 Å². The quantitative estimate of drug-likeness (QED) is 0.500. The van der Waals surface area contributed by atoms with Crippen molar-refractivity contribution >= 4 is 39.3 Å². The van der Waals surface area contributed by atoms with Crippen LogP contribution in [0.25, 0.3) is 11.3 Å². The van der Waals surface area contributed by atoms with Crippen LogP contribution in [0, 0.1) is 0 Å². The van der Waals surface area contributed by atoms with Crippen LogP contribution in [-0.4, -0.2) is 27.3 Å². The lowest BCUT2D eigenvalue weighted by molar-refractivity contribution is -0.118. The zero-order valence-corrected chi connectivity index (χ0v) is 18.6.